The van der Waals surface area contributed by atoms with E-state index in [0.29, 0.717) is 23.4 Å². The standard InChI is InChI=1S/C14H20ClNO2/c15-12-4-5-14(18)11(9-12)10-16-7-2-1-3-13(16)6-8-17/h4-5,9,13,17-18H,1-3,6-8,10H2. The van der Waals surface area contributed by atoms with Gasteiger partial charge in [0.15, 0.2) is 0 Å². The van der Waals surface area contributed by atoms with E-state index in [1.165, 1.54) is 12.8 Å². The van der Waals surface area contributed by atoms with Crippen LogP contribution in [0.1, 0.15) is 31.2 Å². The Morgan fingerprint density at radius 2 is 2.17 bits per heavy atom. The molecule has 0 spiro atoms. The van der Waals surface area contributed by atoms with Gasteiger partial charge in [0.1, 0.15) is 5.75 Å². The second kappa shape index (κ2) is 6.41. The molecule has 2 rings (SSSR count). The smallest absolute Gasteiger partial charge is 0.120 e. The Balaban J connectivity index is 2.08. The summed E-state index contributed by atoms with van der Waals surface area (Å²) in [5, 5.41) is 19.6. The number of aliphatic hydroxyl groups excluding tert-OH is 1. The van der Waals surface area contributed by atoms with Crippen LogP contribution in [-0.2, 0) is 6.54 Å². The minimum absolute atomic E-state index is 0.225. The second-order valence-electron chi connectivity index (χ2n) is 4.91. The first-order valence-corrected chi connectivity index (χ1v) is 6.91. The van der Waals surface area contributed by atoms with E-state index in [2.05, 4.69) is 4.90 Å². The molecule has 1 fully saturated rings. The number of likely N-dealkylation sites (tertiary alicyclic amines) is 1. The summed E-state index contributed by atoms with van der Waals surface area (Å²) in [6, 6.07) is 5.58. The maximum atomic E-state index is 9.85. The zero-order valence-corrected chi connectivity index (χ0v) is 11.2. The number of rotatable bonds is 4. The summed E-state index contributed by atoms with van der Waals surface area (Å²) in [5.74, 6) is 0.299. The van der Waals surface area contributed by atoms with Crippen LogP contribution in [-0.4, -0.2) is 34.3 Å². The predicted octanol–water partition coefficient (Wildman–Crippen LogP) is 2.78. The van der Waals surface area contributed by atoms with Gasteiger partial charge in [-0.15, -0.1) is 0 Å². The molecule has 2 N–H and O–H groups in total. The highest BCUT2D eigenvalue weighted by Crippen LogP contribution is 2.27. The molecule has 1 aliphatic rings. The number of piperidine rings is 1. The largest absolute Gasteiger partial charge is 0.508 e. The minimum Gasteiger partial charge on any atom is -0.508 e. The second-order valence-corrected chi connectivity index (χ2v) is 5.34. The molecule has 3 nitrogen and oxygen atoms in total. The lowest BCUT2D eigenvalue weighted by molar-refractivity contribution is 0.111. The molecule has 1 unspecified atom stereocenters. The van der Waals surface area contributed by atoms with Crippen molar-refractivity contribution in [1.29, 1.82) is 0 Å². The van der Waals surface area contributed by atoms with Crippen LogP contribution in [0.4, 0.5) is 0 Å². The van der Waals surface area contributed by atoms with E-state index in [0.717, 1.165) is 24.9 Å². The summed E-state index contributed by atoms with van der Waals surface area (Å²) in [4.78, 5) is 2.34. The summed E-state index contributed by atoms with van der Waals surface area (Å²) < 4.78 is 0. The van der Waals surface area contributed by atoms with E-state index in [1.54, 1.807) is 12.1 Å². The highest BCUT2D eigenvalue weighted by Gasteiger charge is 2.22. The molecule has 1 aliphatic heterocycles. The van der Waals surface area contributed by atoms with Gasteiger partial charge in [0, 0.05) is 29.8 Å². The number of hydrogen-bond donors (Lipinski definition) is 2. The highest BCUT2D eigenvalue weighted by molar-refractivity contribution is 6.30. The monoisotopic (exact) mass is 269 g/mol. The molecular weight excluding hydrogens is 250 g/mol. The topological polar surface area (TPSA) is 43.7 Å². The van der Waals surface area contributed by atoms with Crippen molar-refractivity contribution < 1.29 is 10.2 Å². The Labute approximate surface area is 113 Å². The molecule has 1 aromatic rings. The Hall–Kier alpha value is -0.770. The molecule has 1 heterocycles. The van der Waals surface area contributed by atoms with Crippen LogP contribution in [0.2, 0.25) is 5.02 Å². The van der Waals surface area contributed by atoms with Crippen LogP contribution in [0.15, 0.2) is 18.2 Å². The van der Waals surface area contributed by atoms with E-state index < -0.39 is 0 Å². The van der Waals surface area contributed by atoms with Gasteiger partial charge in [0.25, 0.3) is 0 Å². The van der Waals surface area contributed by atoms with E-state index >= 15 is 0 Å². The molecule has 0 saturated carbocycles. The Bertz CT molecular complexity index is 395. The minimum atomic E-state index is 0.225. The number of nitrogens with zero attached hydrogens (tertiary/aromatic N) is 1. The van der Waals surface area contributed by atoms with Gasteiger partial charge in [-0.1, -0.05) is 18.0 Å². The first-order valence-electron chi connectivity index (χ1n) is 6.53. The summed E-state index contributed by atoms with van der Waals surface area (Å²) in [6.07, 6.45) is 4.34. The third-order valence-corrected chi connectivity index (χ3v) is 3.86. The van der Waals surface area contributed by atoms with E-state index in [-0.39, 0.29) is 6.61 Å². The van der Waals surface area contributed by atoms with Crippen LogP contribution in [0.3, 0.4) is 0 Å². The SMILES string of the molecule is OCCC1CCCCN1Cc1cc(Cl)ccc1O. The van der Waals surface area contributed by atoms with Gasteiger partial charge < -0.3 is 10.2 Å². The molecule has 1 atom stereocenters. The van der Waals surface area contributed by atoms with Crippen molar-refractivity contribution in [1.82, 2.24) is 4.90 Å². The van der Waals surface area contributed by atoms with E-state index in [1.807, 2.05) is 6.07 Å². The van der Waals surface area contributed by atoms with E-state index in [9.17, 15) is 5.11 Å². The summed E-state index contributed by atoms with van der Waals surface area (Å²) in [7, 11) is 0. The average Bonchev–Trinajstić information content (AvgIpc) is 2.36. The van der Waals surface area contributed by atoms with Crippen molar-refractivity contribution in [2.75, 3.05) is 13.2 Å². The van der Waals surface area contributed by atoms with Crippen LogP contribution >= 0.6 is 11.6 Å². The third kappa shape index (κ3) is 3.37. The van der Waals surface area contributed by atoms with Gasteiger partial charge in [0.05, 0.1) is 0 Å². The van der Waals surface area contributed by atoms with Gasteiger partial charge in [-0.2, -0.15) is 0 Å². The maximum Gasteiger partial charge on any atom is 0.120 e. The van der Waals surface area contributed by atoms with Crippen molar-refractivity contribution in [3.05, 3.63) is 28.8 Å². The third-order valence-electron chi connectivity index (χ3n) is 3.63. The molecule has 0 aromatic heterocycles. The fraction of sp³-hybridized carbons (Fsp3) is 0.571. The van der Waals surface area contributed by atoms with Gasteiger partial charge in [-0.3, -0.25) is 4.90 Å². The molecule has 0 aliphatic carbocycles. The van der Waals surface area contributed by atoms with Crippen molar-refractivity contribution in [3.63, 3.8) is 0 Å². The highest BCUT2D eigenvalue weighted by atomic mass is 35.5. The number of phenolic OH excluding ortho intramolecular Hbond substituents is 1. The molecular formula is C14H20ClNO2. The Morgan fingerprint density at radius 3 is 2.94 bits per heavy atom. The van der Waals surface area contributed by atoms with Gasteiger partial charge in [-0.25, -0.2) is 0 Å². The molecule has 4 heteroatoms. The van der Waals surface area contributed by atoms with Crippen LogP contribution in [0.25, 0.3) is 0 Å². The number of halogens is 1. The Morgan fingerprint density at radius 1 is 1.33 bits per heavy atom. The first kappa shape index (κ1) is 13.7. The van der Waals surface area contributed by atoms with Crippen molar-refractivity contribution in [3.8, 4) is 5.75 Å². The van der Waals surface area contributed by atoms with Crippen LogP contribution in [0.5, 0.6) is 5.75 Å². The molecule has 0 bridgehead atoms. The first-order chi connectivity index (χ1) is 8.70. The quantitative estimate of drug-likeness (QED) is 0.883. The zero-order valence-electron chi connectivity index (χ0n) is 10.5. The molecule has 0 amide bonds. The lowest BCUT2D eigenvalue weighted by Crippen LogP contribution is -2.39. The number of hydrogen-bond acceptors (Lipinski definition) is 3. The van der Waals surface area contributed by atoms with Gasteiger partial charge in [-0.05, 0) is 44.0 Å². The fourth-order valence-electron chi connectivity index (χ4n) is 2.64. The maximum absolute atomic E-state index is 9.85. The lowest BCUT2D eigenvalue weighted by Gasteiger charge is -2.35. The average molecular weight is 270 g/mol. The molecule has 100 valence electrons. The Kier molecular flexibility index (Phi) is 4.87. The van der Waals surface area contributed by atoms with Crippen LogP contribution < -0.4 is 0 Å². The van der Waals surface area contributed by atoms with Gasteiger partial charge in [0.2, 0.25) is 0 Å². The van der Waals surface area contributed by atoms with Crippen LogP contribution in [0, 0.1) is 0 Å². The van der Waals surface area contributed by atoms with Crippen molar-refractivity contribution in [2.45, 2.75) is 38.3 Å². The van der Waals surface area contributed by atoms with E-state index in [4.69, 9.17) is 16.7 Å². The molecule has 0 radical (unpaired) electrons. The van der Waals surface area contributed by atoms with Gasteiger partial charge >= 0.3 is 0 Å². The van der Waals surface area contributed by atoms with Crippen molar-refractivity contribution >= 4 is 11.6 Å². The van der Waals surface area contributed by atoms with Crippen molar-refractivity contribution in [2.24, 2.45) is 0 Å². The summed E-state index contributed by atoms with van der Waals surface area (Å²) in [5.41, 5.74) is 0.868. The number of benzene rings is 1. The number of phenols is 1. The summed E-state index contributed by atoms with van der Waals surface area (Å²) in [6.45, 7) is 1.95. The number of aliphatic hydroxyl groups is 1. The predicted molar refractivity (Wildman–Crippen MR) is 72.9 cm³/mol. The molecule has 1 aromatic carbocycles. The molecule has 1 saturated heterocycles. The normalized spacial score (nSPS) is 21.1. The number of aromatic hydroxyl groups is 1. The fourth-order valence-corrected chi connectivity index (χ4v) is 2.84. The molecule has 18 heavy (non-hydrogen) atoms. The lowest BCUT2D eigenvalue weighted by atomic mass is 9.98. The zero-order chi connectivity index (χ0) is 13.0. The summed E-state index contributed by atoms with van der Waals surface area (Å²) >= 11 is 5.96.